The van der Waals surface area contributed by atoms with E-state index in [1.54, 1.807) is 7.11 Å². The highest BCUT2D eigenvalue weighted by Crippen LogP contribution is 2.34. The Bertz CT molecular complexity index is 433. The van der Waals surface area contributed by atoms with Crippen LogP contribution in [0.3, 0.4) is 0 Å². The van der Waals surface area contributed by atoms with Crippen LogP contribution in [0.15, 0.2) is 18.2 Å². The van der Waals surface area contributed by atoms with Crippen molar-refractivity contribution in [2.24, 2.45) is 0 Å². The van der Waals surface area contributed by atoms with Crippen molar-refractivity contribution in [3.63, 3.8) is 0 Å². The zero-order valence-corrected chi connectivity index (χ0v) is 11.2. The maximum absolute atomic E-state index is 5.64. The van der Waals surface area contributed by atoms with Gasteiger partial charge in [-0.2, -0.15) is 0 Å². The minimum Gasteiger partial charge on any atom is -0.454 e. The van der Waals surface area contributed by atoms with Crippen molar-refractivity contribution < 1.29 is 14.2 Å². The van der Waals surface area contributed by atoms with Crippen LogP contribution in [0.2, 0.25) is 0 Å². The molecule has 5 nitrogen and oxygen atoms in total. The Kier molecular flexibility index (Phi) is 3.87. The lowest BCUT2D eigenvalue weighted by atomic mass is 10.1. The second kappa shape index (κ2) is 5.77. The molecule has 1 atom stereocenters. The summed E-state index contributed by atoms with van der Waals surface area (Å²) in [7, 11) is 1.76. The van der Waals surface area contributed by atoms with Crippen molar-refractivity contribution in [1.29, 1.82) is 0 Å². The van der Waals surface area contributed by atoms with Gasteiger partial charge in [0.05, 0.1) is 6.10 Å². The average Bonchev–Trinajstić information content (AvgIpc) is 2.93. The molecule has 19 heavy (non-hydrogen) atoms. The van der Waals surface area contributed by atoms with Crippen LogP contribution in [0, 0.1) is 0 Å². The molecule has 1 fully saturated rings. The first-order valence-corrected chi connectivity index (χ1v) is 6.72. The number of hydrogen-bond acceptors (Lipinski definition) is 5. The first-order chi connectivity index (χ1) is 9.36. The Hall–Kier alpha value is -1.30. The van der Waals surface area contributed by atoms with Crippen molar-refractivity contribution in [2.75, 3.05) is 46.6 Å². The topological polar surface area (TPSA) is 43.0 Å². The van der Waals surface area contributed by atoms with Gasteiger partial charge in [-0.05, 0) is 17.7 Å². The van der Waals surface area contributed by atoms with Crippen molar-refractivity contribution in [3.05, 3.63) is 23.8 Å². The molecule has 0 saturated carbocycles. The molecule has 2 aliphatic rings. The largest absolute Gasteiger partial charge is 0.454 e. The molecule has 0 aliphatic carbocycles. The average molecular weight is 264 g/mol. The predicted molar refractivity (Wildman–Crippen MR) is 71.6 cm³/mol. The minimum absolute atomic E-state index is 0.0765. The van der Waals surface area contributed by atoms with Crippen molar-refractivity contribution in [2.45, 2.75) is 6.10 Å². The normalized spacial score (nSPS) is 20.5. The molecule has 1 N–H and O–H groups in total. The third-order valence-corrected chi connectivity index (χ3v) is 3.69. The van der Waals surface area contributed by atoms with Crippen LogP contribution in [0.25, 0.3) is 0 Å². The molecule has 1 aromatic rings. The van der Waals surface area contributed by atoms with Crippen LogP contribution < -0.4 is 14.8 Å². The summed E-state index contributed by atoms with van der Waals surface area (Å²) in [5.41, 5.74) is 1.14. The number of benzene rings is 1. The lowest BCUT2D eigenvalue weighted by molar-refractivity contribution is 0.0592. The zero-order chi connectivity index (χ0) is 13.1. The Balaban J connectivity index is 1.70. The van der Waals surface area contributed by atoms with Gasteiger partial charge in [0.1, 0.15) is 0 Å². The summed E-state index contributed by atoms with van der Waals surface area (Å²) in [5, 5.41) is 3.36. The fourth-order valence-electron chi connectivity index (χ4n) is 2.56. The molecule has 0 radical (unpaired) electrons. The highest BCUT2D eigenvalue weighted by atomic mass is 16.7. The van der Waals surface area contributed by atoms with Gasteiger partial charge in [-0.15, -0.1) is 0 Å². The summed E-state index contributed by atoms with van der Waals surface area (Å²) < 4.78 is 16.4. The van der Waals surface area contributed by atoms with E-state index in [0.29, 0.717) is 6.79 Å². The standard InChI is InChI=1S/C14H20N2O3/c1-17-14(9-16-6-4-15-5-7-16)11-2-3-12-13(8-11)19-10-18-12/h2-3,8,14-15H,4-7,9-10H2,1H3. The molecule has 1 saturated heterocycles. The van der Waals surface area contributed by atoms with Gasteiger partial charge in [0.15, 0.2) is 11.5 Å². The molecular weight excluding hydrogens is 244 g/mol. The smallest absolute Gasteiger partial charge is 0.231 e. The van der Waals surface area contributed by atoms with Crippen molar-refractivity contribution >= 4 is 0 Å². The number of piperazine rings is 1. The van der Waals surface area contributed by atoms with Gasteiger partial charge in [-0.1, -0.05) is 6.07 Å². The summed E-state index contributed by atoms with van der Waals surface area (Å²) in [6.07, 6.45) is 0.0765. The Labute approximate surface area is 113 Å². The molecule has 2 heterocycles. The molecule has 104 valence electrons. The molecule has 1 unspecified atom stereocenters. The SMILES string of the molecule is COC(CN1CCNCC1)c1ccc2c(c1)OCO2. The van der Waals surface area contributed by atoms with Crippen LogP contribution in [0.1, 0.15) is 11.7 Å². The second-order valence-corrected chi connectivity index (χ2v) is 4.89. The van der Waals surface area contributed by atoms with E-state index in [1.807, 2.05) is 12.1 Å². The van der Waals surface area contributed by atoms with Gasteiger partial charge in [-0.3, -0.25) is 4.90 Å². The van der Waals surface area contributed by atoms with E-state index in [4.69, 9.17) is 14.2 Å². The van der Waals surface area contributed by atoms with Gasteiger partial charge in [0.25, 0.3) is 0 Å². The number of fused-ring (bicyclic) bond motifs is 1. The van der Waals surface area contributed by atoms with Crippen LogP contribution >= 0.6 is 0 Å². The Morgan fingerprint density at radius 3 is 2.84 bits per heavy atom. The monoisotopic (exact) mass is 264 g/mol. The van der Waals surface area contributed by atoms with Crippen LogP contribution in [-0.4, -0.2) is 51.5 Å². The fourth-order valence-corrected chi connectivity index (χ4v) is 2.56. The lowest BCUT2D eigenvalue weighted by Crippen LogP contribution is -2.45. The maximum Gasteiger partial charge on any atom is 0.231 e. The van der Waals surface area contributed by atoms with E-state index in [0.717, 1.165) is 49.8 Å². The minimum atomic E-state index is 0.0765. The summed E-state index contributed by atoms with van der Waals surface area (Å²) in [6.45, 7) is 5.48. The molecule has 2 aliphatic heterocycles. The van der Waals surface area contributed by atoms with Crippen molar-refractivity contribution in [3.8, 4) is 11.5 Å². The maximum atomic E-state index is 5.64. The fraction of sp³-hybridized carbons (Fsp3) is 0.571. The molecule has 0 aromatic heterocycles. The van der Waals surface area contributed by atoms with Gasteiger partial charge in [-0.25, -0.2) is 0 Å². The highest BCUT2D eigenvalue weighted by molar-refractivity contribution is 5.45. The number of methoxy groups -OCH3 is 1. The molecule has 0 amide bonds. The third kappa shape index (κ3) is 2.83. The summed E-state index contributed by atoms with van der Waals surface area (Å²) >= 11 is 0. The first kappa shape index (κ1) is 12.7. The molecule has 1 aromatic carbocycles. The Morgan fingerprint density at radius 1 is 1.26 bits per heavy atom. The quantitative estimate of drug-likeness (QED) is 0.879. The van der Waals surface area contributed by atoms with E-state index in [2.05, 4.69) is 16.3 Å². The number of ether oxygens (including phenoxy) is 3. The summed E-state index contributed by atoms with van der Waals surface area (Å²) in [5.74, 6) is 1.64. The number of nitrogens with one attached hydrogen (secondary N) is 1. The van der Waals surface area contributed by atoms with Crippen LogP contribution in [0.5, 0.6) is 11.5 Å². The highest BCUT2D eigenvalue weighted by Gasteiger charge is 2.20. The van der Waals surface area contributed by atoms with Gasteiger partial charge in [0.2, 0.25) is 6.79 Å². The van der Waals surface area contributed by atoms with E-state index < -0.39 is 0 Å². The third-order valence-electron chi connectivity index (χ3n) is 3.69. The first-order valence-electron chi connectivity index (χ1n) is 6.72. The second-order valence-electron chi connectivity index (χ2n) is 4.89. The molecule has 0 spiro atoms. The van der Waals surface area contributed by atoms with Gasteiger partial charge >= 0.3 is 0 Å². The van der Waals surface area contributed by atoms with Crippen molar-refractivity contribution in [1.82, 2.24) is 10.2 Å². The predicted octanol–water partition coefficient (Wildman–Crippen LogP) is 1.01. The van der Waals surface area contributed by atoms with Crippen LogP contribution in [0.4, 0.5) is 0 Å². The molecular formula is C14H20N2O3. The summed E-state index contributed by atoms with van der Waals surface area (Å²) in [4.78, 5) is 2.43. The van der Waals surface area contributed by atoms with E-state index in [-0.39, 0.29) is 6.10 Å². The lowest BCUT2D eigenvalue weighted by Gasteiger charge is -2.30. The van der Waals surface area contributed by atoms with Gasteiger partial charge in [0, 0.05) is 39.8 Å². The van der Waals surface area contributed by atoms with E-state index >= 15 is 0 Å². The van der Waals surface area contributed by atoms with Crippen LogP contribution in [-0.2, 0) is 4.74 Å². The van der Waals surface area contributed by atoms with Gasteiger partial charge < -0.3 is 19.5 Å². The molecule has 5 heteroatoms. The molecule has 0 bridgehead atoms. The number of rotatable bonds is 4. The molecule has 3 rings (SSSR count). The Morgan fingerprint density at radius 2 is 2.05 bits per heavy atom. The van der Waals surface area contributed by atoms with E-state index in [1.165, 1.54) is 0 Å². The number of nitrogens with zero attached hydrogens (tertiary/aromatic N) is 1. The van der Waals surface area contributed by atoms with E-state index in [9.17, 15) is 0 Å². The number of hydrogen-bond donors (Lipinski definition) is 1. The summed E-state index contributed by atoms with van der Waals surface area (Å²) in [6, 6.07) is 6.05. The zero-order valence-electron chi connectivity index (χ0n) is 11.2.